The highest BCUT2D eigenvalue weighted by atomic mass is 16.6. The van der Waals surface area contributed by atoms with E-state index in [1.807, 2.05) is 17.6 Å². The van der Waals surface area contributed by atoms with E-state index in [2.05, 4.69) is 13.8 Å². The third kappa shape index (κ3) is 3.24. The summed E-state index contributed by atoms with van der Waals surface area (Å²) in [5.41, 5.74) is 3.42. The number of pyridine rings is 1. The van der Waals surface area contributed by atoms with Crippen molar-refractivity contribution in [3.05, 3.63) is 45.7 Å². The third-order valence-electron chi connectivity index (χ3n) is 5.37. The number of ether oxygens (including phenoxy) is 3. The Labute approximate surface area is 158 Å². The van der Waals surface area contributed by atoms with Gasteiger partial charge in [-0.2, -0.15) is 0 Å². The molecule has 3 heterocycles. The first-order valence-electron chi connectivity index (χ1n) is 9.27. The van der Waals surface area contributed by atoms with Crippen LogP contribution in [0.25, 0.3) is 11.3 Å². The lowest BCUT2D eigenvalue weighted by molar-refractivity contribution is -0.101. The van der Waals surface area contributed by atoms with Crippen LogP contribution in [-0.2, 0) is 21.4 Å². The highest BCUT2D eigenvalue weighted by molar-refractivity contribution is 5.73. The molecule has 1 atom stereocenters. The maximum atomic E-state index is 12.8. The van der Waals surface area contributed by atoms with Gasteiger partial charge in [0, 0.05) is 29.2 Å². The van der Waals surface area contributed by atoms with Crippen LogP contribution < -0.4 is 10.3 Å². The summed E-state index contributed by atoms with van der Waals surface area (Å²) in [5, 5.41) is 9.96. The predicted molar refractivity (Wildman–Crippen MR) is 102 cm³/mol. The van der Waals surface area contributed by atoms with E-state index in [4.69, 9.17) is 14.2 Å². The summed E-state index contributed by atoms with van der Waals surface area (Å²) >= 11 is 0. The van der Waals surface area contributed by atoms with Crippen LogP contribution in [0.5, 0.6) is 11.5 Å². The molecular formula is C21H25NO5. The standard InChI is InChI=1S/C21H25NO5/c1-13-18(27-11-15-10-25-6-7-26-15)9-19(24)22-12-21(2,3)17-8-14(23)4-5-16(17)20(13)22/h4-5,8-9,15,23H,6-7,10-12H2,1-3H3/t15-/m0/s1. The lowest BCUT2D eigenvalue weighted by Crippen LogP contribution is -2.37. The Kier molecular flexibility index (Phi) is 4.48. The quantitative estimate of drug-likeness (QED) is 0.898. The fourth-order valence-corrected chi connectivity index (χ4v) is 3.98. The van der Waals surface area contributed by atoms with Crippen LogP contribution in [0.1, 0.15) is 25.0 Å². The minimum absolute atomic E-state index is 0.0850. The molecule has 4 rings (SSSR count). The van der Waals surface area contributed by atoms with Crippen molar-refractivity contribution in [1.29, 1.82) is 0 Å². The molecule has 144 valence electrons. The van der Waals surface area contributed by atoms with E-state index in [0.717, 1.165) is 22.4 Å². The number of aromatic hydroxyl groups is 1. The van der Waals surface area contributed by atoms with Gasteiger partial charge in [0.1, 0.15) is 24.2 Å². The molecule has 2 aromatic rings. The van der Waals surface area contributed by atoms with Gasteiger partial charge in [0.25, 0.3) is 5.56 Å². The number of hydrogen-bond donors (Lipinski definition) is 1. The van der Waals surface area contributed by atoms with Gasteiger partial charge in [-0.25, -0.2) is 0 Å². The van der Waals surface area contributed by atoms with Gasteiger partial charge in [0.15, 0.2) is 0 Å². The fraction of sp³-hybridized carbons (Fsp3) is 0.476. The van der Waals surface area contributed by atoms with Crippen molar-refractivity contribution >= 4 is 0 Å². The van der Waals surface area contributed by atoms with Crippen molar-refractivity contribution in [2.24, 2.45) is 0 Å². The molecule has 1 N–H and O–H groups in total. The number of fused-ring (bicyclic) bond motifs is 3. The maximum absolute atomic E-state index is 12.8. The van der Waals surface area contributed by atoms with Crippen LogP contribution >= 0.6 is 0 Å². The minimum atomic E-state index is -0.257. The van der Waals surface area contributed by atoms with Crippen molar-refractivity contribution in [3.8, 4) is 22.8 Å². The number of rotatable bonds is 3. The van der Waals surface area contributed by atoms with E-state index < -0.39 is 0 Å². The molecule has 1 saturated heterocycles. The van der Waals surface area contributed by atoms with Gasteiger partial charge >= 0.3 is 0 Å². The van der Waals surface area contributed by atoms with E-state index in [0.29, 0.717) is 38.7 Å². The molecule has 0 spiro atoms. The number of benzene rings is 1. The van der Waals surface area contributed by atoms with E-state index >= 15 is 0 Å². The number of nitrogens with zero attached hydrogens (tertiary/aromatic N) is 1. The van der Waals surface area contributed by atoms with Gasteiger partial charge < -0.3 is 23.9 Å². The molecule has 1 aromatic heterocycles. The summed E-state index contributed by atoms with van der Waals surface area (Å²) in [6.45, 7) is 8.70. The van der Waals surface area contributed by atoms with E-state index in [1.54, 1.807) is 18.2 Å². The van der Waals surface area contributed by atoms with Gasteiger partial charge in [0.2, 0.25) is 0 Å². The first-order valence-corrected chi connectivity index (χ1v) is 9.27. The number of phenols is 1. The van der Waals surface area contributed by atoms with E-state index in [-0.39, 0.29) is 22.8 Å². The maximum Gasteiger partial charge on any atom is 0.254 e. The SMILES string of the molecule is Cc1c(OC[C@@H]2COCCO2)cc(=O)n2c1-c1ccc(O)cc1C(C)(C)C2. The highest BCUT2D eigenvalue weighted by Gasteiger charge is 2.33. The Morgan fingerprint density at radius 2 is 2.11 bits per heavy atom. The summed E-state index contributed by atoms with van der Waals surface area (Å²) in [6, 6.07) is 6.90. The minimum Gasteiger partial charge on any atom is -0.508 e. The smallest absolute Gasteiger partial charge is 0.254 e. The van der Waals surface area contributed by atoms with Gasteiger partial charge in [-0.05, 0) is 30.7 Å². The molecule has 0 saturated carbocycles. The molecule has 1 aromatic carbocycles. The van der Waals surface area contributed by atoms with Crippen LogP contribution in [0.15, 0.2) is 29.1 Å². The second-order valence-corrected chi connectivity index (χ2v) is 7.90. The largest absolute Gasteiger partial charge is 0.508 e. The molecular weight excluding hydrogens is 346 g/mol. The molecule has 2 aliphatic rings. The second kappa shape index (κ2) is 6.69. The van der Waals surface area contributed by atoms with Gasteiger partial charge in [-0.1, -0.05) is 13.8 Å². The zero-order valence-corrected chi connectivity index (χ0v) is 15.9. The summed E-state index contributed by atoms with van der Waals surface area (Å²) in [6.07, 6.45) is -0.125. The van der Waals surface area contributed by atoms with Crippen LogP contribution in [0, 0.1) is 6.92 Å². The Morgan fingerprint density at radius 1 is 1.30 bits per heavy atom. The zero-order valence-electron chi connectivity index (χ0n) is 15.9. The Balaban J connectivity index is 1.75. The predicted octanol–water partition coefficient (Wildman–Crippen LogP) is 2.61. The first kappa shape index (κ1) is 18.1. The van der Waals surface area contributed by atoms with Gasteiger partial charge in [-0.15, -0.1) is 0 Å². The average molecular weight is 371 g/mol. The van der Waals surface area contributed by atoms with Gasteiger partial charge in [0.05, 0.1) is 25.5 Å². The first-order chi connectivity index (χ1) is 12.9. The van der Waals surface area contributed by atoms with Crippen molar-refractivity contribution in [2.75, 3.05) is 26.4 Å². The van der Waals surface area contributed by atoms with Gasteiger partial charge in [-0.3, -0.25) is 4.79 Å². The molecule has 27 heavy (non-hydrogen) atoms. The Morgan fingerprint density at radius 3 is 2.85 bits per heavy atom. The normalized spacial score (nSPS) is 20.6. The molecule has 0 amide bonds. The van der Waals surface area contributed by atoms with Crippen LogP contribution in [0.3, 0.4) is 0 Å². The molecule has 0 radical (unpaired) electrons. The van der Waals surface area contributed by atoms with Crippen LogP contribution in [-0.4, -0.2) is 42.2 Å². The third-order valence-corrected chi connectivity index (χ3v) is 5.37. The van der Waals surface area contributed by atoms with Crippen LogP contribution in [0.4, 0.5) is 0 Å². The van der Waals surface area contributed by atoms with Crippen molar-refractivity contribution in [2.45, 2.75) is 38.8 Å². The summed E-state index contributed by atoms with van der Waals surface area (Å²) in [4.78, 5) is 12.8. The zero-order chi connectivity index (χ0) is 19.2. The number of aromatic nitrogens is 1. The molecule has 0 aliphatic carbocycles. The molecule has 0 unspecified atom stereocenters. The topological polar surface area (TPSA) is 69.9 Å². The molecule has 2 aliphatic heterocycles. The van der Waals surface area contributed by atoms with Crippen LogP contribution in [0.2, 0.25) is 0 Å². The summed E-state index contributed by atoms with van der Waals surface area (Å²) in [5.74, 6) is 0.802. The van der Waals surface area contributed by atoms with E-state index in [1.165, 1.54) is 0 Å². The summed E-state index contributed by atoms with van der Waals surface area (Å²) < 4.78 is 18.8. The highest BCUT2D eigenvalue weighted by Crippen LogP contribution is 2.43. The van der Waals surface area contributed by atoms with Crippen molar-refractivity contribution in [3.63, 3.8) is 0 Å². The Hall–Kier alpha value is -2.31. The average Bonchev–Trinajstić information content (AvgIpc) is 2.64. The number of hydrogen-bond acceptors (Lipinski definition) is 5. The fourth-order valence-electron chi connectivity index (χ4n) is 3.98. The van der Waals surface area contributed by atoms with Crippen molar-refractivity contribution < 1.29 is 19.3 Å². The second-order valence-electron chi connectivity index (χ2n) is 7.90. The van der Waals surface area contributed by atoms with E-state index in [9.17, 15) is 9.90 Å². The summed E-state index contributed by atoms with van der Waals surface area (Å²) in [7, 11) is 0. The molecule has 0 bridgehead atoms. The molecule has 6 nitrogen and oxygen atoms in total. The van der Waals surface area contributed by atoms with Crippen molar-refractivity contribution in [1.82, 2.24) is 4.57 Å². The molecule has 1 fully saturated rings. The lowest BCUT2D eigenvalue weighted by Gasteiger charge is -2.36. The monoisotopic (exact) mass is 371 g/mol. The lowest BCUT2D eigenvalue weighted by atomic mass is 9.77. The molecule has 6 heteroatoms. The number of phenolic OH excluding ortho intramolecular Hbond substituents is 1. The Bertz CT molecular complexity index is 925.